The molecule has 0 radical (unpaired) electrons. The maximum absolute atomic E-state index is 13.8. The van der Waals surface area contributed by atoms with Gasteiger partial charge < -0.3 is 10.1 Å². The molecule has 0 aliphatic carbocycles. The van der Waals surface area contributed by atoms with Crippen molar-refractivity contribution in [3.8, 4) is 5.75 Å². The minimum atomic E-state index is -0.534. The molecule has 112 valence electrons. The molecule has 2 aromatic rings. The molecular formula is C17H19F2NO. The smallest absolute Gasteiger partial charge is 0.130 e. The van der Waals surface area contributed by atoms with E-state index in [4.69, 9.17) is 4.74 Å². The fourth-order valence-corrected chi connectivity index (χ4v) is 2.39. The van der Waals surface area contributed by atoms with Crippen molar-refractivity contribution in [2.75, 3.05) is 7.11 Å². The highest BCUT2D eigenvalue weighted by Gasteiger charge is 2.18. The van der Waals surface area contributed by atoms with Gasteiger partial charge in [0.1, 0.15) is 17.4 Å². The van der Waals surface area contributed by atoms with E-state index < -0.39 is 17.7 Å². The standard InChI is InChI=1S/C17H19F2NO/c1-11(13-6-4-7-14(10-13)21-3)20-12(2)17-15(18)8-5-9-16(17)19/h4-12,20H,1-3H3/t11-,12?/m0/s1. The van der Waals surface area contributed by atoms with Gasteiger partial charge in [0, 0.05) is 17.6 Å². The van der Waals surface area contributed by atoms with Crippen molar-refractivity contribution < 1.29 is 13.5 Å². The van der Waals surface area contributed by atoms with E-state index in [-0.39, 0.29) is 11.6 Å². The summed E-state index contributed by atoms with van der Waals surface area (Å²) >= 11 is 0. The first-order valence-electron chi connectivity index (χ1n) is 6.87. The van der Waals surface area contributed by atoms with Crippen LogP contribution in [-0.2, 0) is 0 Å². The van der Waals surface area contributed by atoms with Crippen LogP contribution < -0.4 is 10.1 Å². The lowest BCUT2D eigenvalue weighted by molar-refractivity contribution is 0.411. The lowest BCUT2D eigenvalue weighted by atomic mass is 10.0. The van der Waals surface area contributed by atoms with Crippen molar-refractivity contribution in [2.24, 2.45) is 0 Å². The van der Waals surface area contributed by atoms with Crippen LogP contribution in [0.3, 0.4) is 0 Å². The summed E-state index contributed by atoms with van der Waals surface area (Å²) in [7, 11) is 1.61. The molecule has 0 saturated carbocycles. The predicted molar refractivity (Wildman–Crippen MR) is 79.3 cm³/mol. The van der Waals surface area contributed by atoms with Gasteiger partial charge in [-0.05, 0) is 43.7 Å². The molecule has 0 aromatic heterocycles. The van der Waals surface area contributed by atoms with Crippen molar-refractivity contribution >= 4 is 0 Å². The summed E-state index contributed by atoms with van der Waals surface area (Å²) in [6, 6.07) is 11.0. The van der Waals surface area contributed by atoms with Crippen molar-refractivity contribution in [1.29, 1.82) is 0 Å². The highest BCUT2D eigenvalue weighted by Crippen LogP contribution is 2.25. The first-order valence-corrected chi connectivity index (χ1v) is 6.87. The van der Waals surface area contributed by atoms with Crippen molar-refractivity contribution in [2.45, 2.75) is 25.9 Å². The van der Waals surface area contributed by atoms with E-state index >= 15 is 0 Å². The summed E-state index contributed by atoms with van der Waals surface area (Å²) in [6.45, 7) is 3.70. The molecule has 0 saturated heterocycles. The Morgan fingerprint density at radius 3 is 2.19 bits per heavy atom. The monoisotopic (exact) mass is 291 g/mol. The first kappa shape index (κ1) is 15.4. The van der Waals surface area contributed by atoms with Gasteiger partial charge in [-0.15, -0.1) is 0 Å². The third-order valence-corrected chi connectivity index (χ3v) is 3.53. The molecule has 2 nitrogen and oxygen atoms in total. The van der Waals surface area contributed by atoms with Crippen LogP contribution in [0.5, 0.6) is 5.75 Å². The Labute approximate surface area is 123 Å². The van der Waals surface area contributed by atoms with Gasteiger partial charge in [0.25, 0.3) is 0 Å². The van der Waals surface area contributed by atoms with E-state index in [0.717, 1.165) is 11.3 Å². The van der Waals surface area contributed by atoms with Crippen LogP contribution in [0, 0.1) is 11.6 Å². The van der Waals surface area contributed by atoms with E-state index in [9.17, 15) is 8.78 Å². The second-order valence-electron chi connectivity index (χ2n) is 5.02. The van der Waals surface area contributed by atoms with Crippen LogP contribution in [0.15, 0.2) is 42.5 Å². The Morgan fingerprint density at radius 2 is 1.57 bits per heavy atom. The molecule has 2 rings (SSSR count). The van der Waals surface area contributed by atoms with E-state index in [1.165, 1.54) is 18.2 Å². The van der Waals surface area contributed by atoms with E-state index in [0.29, 0.717) is 0 Å². The fraction of sp³-hybridized carbons (Fsp3) is 0.294. The van der Waals surface area contributed by atoms with Crippen molar-refractivity contribution in [3.05, 3.63) is 65.2 Å². The van der Waals surface area contributed by atoms with Crippen LogP contribution in [0.25, 0.3) is 0 Å². The normalized spacial score (nSPS) is 13.8. The summed E-state index contributed by atoms with van der Waals surface area (Å²) in [4.78, 5) is 0. The van der Waals surface area contributed by atoms with Crippen LogP contribution in [0.2, 0.25) is 0 Å². The summed E-state index contributed by atoms with van der Waals surface area (Å²) in [5.74, 6) is -0.313. The second-order valence-corrected chi connectivity index (χ2v) is 5.02. The Bertz CT molecular complexity index is 595. The SMILES string of the molecule is COc1cccc([C@H](C)NC(C)c2c(F)cccc2F)c1. The van der Waals surface area contributed by atoms with E-state index in [1.54, 1.807) is 14.0 Å². The fourth-order valence-electron chi connectivity index (χ4n) is 2.39. The summed E-state index contributed by atoms with van der Waals surface area (Å²) in [6.07, 6.45) is 0. The zero-order chi connectivity index (χ0) is 15.4. The Balaban J connectivity index is 2.16. The molecule has 2 aromatic carbocycles. The maximum atomic E-state index is 13.8. The lowest BCUT2D eigenvalue weighted by Crippen LogP contribution is -2.24. The molecule has 0 bridgehead atoms. The molecule has 21 heavy (non-hydrogen) atoms. The topological polar surface area (TPSA) is 21.3 Å². The van der Waals surface area contributed by atoms with Crippen LogP contribution in [-0.4, -0.2) is 7.11 Å². The molecule has 2 atom stereocenters. The summed E-state index contributed by atoms with van der Waals surface area (Å²) in [5, 5.41) is 3.21. The highest BCUT2D eigenvalue weighted by molar-refractivity contribution is 5.31. The van der Waals surface area contributed by atoms with Gasteiger partial charge in [0.05, 0.1) is 7.11 Å². The quantitative estimate of drug-likeness (QED) is 0.882. The first-order chi connectivity index (χ1) is 10.0. The minimum Gasteiger partial charge on any atom is -0.497 e. The molecule has 1 N–H and O–H groups in total. The number of ether oxygens (including phenoxy) is 1. The number of hydrogen-bond acceptors (Lipinski definition) is 2. The van der Waals surface area contributed by atoms with Crippen LogP contribution >= 0.6 is 0 Å². The second kappa shape index (κ2) is 6.68. The third-order valence-electron chi connectivity index (χ3n) is 3.53. The number of benzene rings is 2. The molecule has 1 unspecified atom stereocenters. The van der Waals surface area contributed by atoms with Gasteiger partial charge in [0.15, 0.2) is 0 Å². The molecule has 0 spiro atoms. The lowest BCUT2D eigenvalue weighted by Gasteiger charge is -2.22. The molecular weight excluding hydrogens is 272 g/mol. The molecule has 4 heteroatoms. The number of methoxy groups -OCH3 is 1. The zero-order valence-electron chi connectivity index (χ0n) is 12.4. The molecule has 0 aliphatic heterocycles. The van der Waals surface area contributed by atoms with Gasteiger partial charge in [-0.2, -0.15) is 0 Å². The Kier molecular flexibility index (Phi) is 4.91. The number of rotatable bonds is 5. The molecule has 0 heterocycles. The maximum Gasteiger partial charge on any atom is 0.130 e. The van der Waals surface area contributed by atoms with E-state index in [2.05, 4.69) is 5.32 Å². The number of nitrogens with one attached hydrogen (secondary N) is 1. The Morgan fingerprint density at radius 1 is 0.952 bits per heavy atom. The van der Waals surface area contributed by atoms with Crippen LogP contribution in [0.4, 0.5) is 8.78 Å². The number of halogens is 2. The highest BCUT2D eigenvalue weighted by atomic mass is 19.1. The van der Waals surface area contributed by atoms with Gasteiger partial charge in [-0.3, -0.25) is 0 Å². The van der Waals surface area contributed by atoms with Gasteiger partial charge in [-0.25, -0.2) is 8.78 Å². The number of hydrogen-bond donors (Lipinski definition) is 1. The van der Waals surface area contributed by atoms with Gasteiger partial charge in [0.2, 0.25) is 0 Å². The zero-order valence-corrected chi connectivity index (χ0v) is 12.4. The summed E-state index contributed by atoms with van der Waals surface area (Å²) in [5.41, 5.74) is 1.06. The van der Waals surface area contributed by atoms with Crippen molar-refractivity contribution in [3.63, 3.8) is 0 Å². The molecule has 0 amide bonds. The van der Waals surface area contributed by atoms with Crippen LogP contribution in [0.1, 0.15) is 37.1 Å². The van der Waals surface area contributed by atoms with Gasteiger partial charge >= 0.3 is 0 Å². The average molecular weight is 291 g/mol. The Hall–Kier alpha value is -1.94. The van der Waals surface area contributed by atoms with Crippen molar-refractivity contribution in [1.82, 2.24) is 5.32 Å². The molecule has 0 aliphatic rings. The average Bonchev–Trinajstić information content (AvgIpc) is 2.47. The van der Waals surface area contributed by atoms with Gasteiger partial charge in [-0.1, -0.05) is 18.2 Å². The van der Waals surface area contributed by atoms with E-state index in [1.807, 2.05) is 31.2 Å². The largest absolute Gasteiger partial charge is 0.497 e. The minimum absolute atomic E-state index is 0.0610. The molecule has 0 fully saturated rings. The summed E-state index contributed by atoms with van der Waals surface area (Å²) < 4.78 is 32.7. The predicted octanol–water partition coefficient (Wildman–Crippen LogP) is 4.39. The third kappa shape index (κ3) is 3.58.